The van der Waals surface area contributed by atoms with Crippen LogP contribution in [0.15, 0.2) is 35.3 Å². The summed E-state index contributed by atoms with van der Waals surface area (Å²) in [4.78, 5) is 4.36. The smallest absolute Gasteiger partial charge is 0.191 e. The van der Waals surface area contributed by atoms with Crippen molar-refractivity contribution in [2.75, 3.05) is 25.4 Å². The molecule has 130 valence electrons. The lowest BCUT2D eigenvalue weighted by molar-refractivity contribution is 0.560. The van der Waals surface area contributed by atoms with Gasteiger partial charge in [-0.2, -0.15) is 0 Å². The summed E-state index contributed by atoms with van der Waals surface area (Å²) in [5.74, 6) is 0.721. The van der Waals surface area contributed by atoms with Gasteiger partial charge in [0.1, 0.15) is 0 Å². The number of hydrogen-bond donors (Lipinski definition) is 2. The van der Waals surface area contributed by atoms with Gasteiger partial charge in [-0.25, -0.2) is 8.42 Å². The topological polar surface area (TPSA) is 70.6 Å². The zero-order chi connectivity index (χ0) is 17.3. The third kappa shape index (κ3) is 7.03. The molecule has 23 heavy (non-hydrogen) atoms. The summed E-state index contributed by atoms with van der Waals surface area (Å²) in [6.07, 6.45) is 0.894. The van der Waals surface area contributed by atoms with Crippen molar-refractivity contribution in [1.82, 2.24) is 10.6 Å². The van der Waals surface area contributed by atoms with Crippen molar-refractivity contribution in [2.24, 2.45) is 4.99 Å². The molecule has 0 atom stereocenters. The average molecular weight is 340 g/mol. The van der Waals surface area contributed by atoms with Gasteiger partial charge in [-0.1, -0.05) is 30.3 Å². The van der Waals surface area contributed by atoms with Crippen molar-refractivity contribution in [3.63, 3.8) is 0 Å². The molecule has 0 saturated carbocycles. The molecule has 1 aromatic carbocycles. The second kappa shape index (κ2) is 8.91. The zero-order valence-corrected chi connectivity index (χ0v) is 15.4. The van der Waals surface area contributed by atoms with Crippen LogP contribution in [0.1, 0.15) is 33.3 Å². The van der Waals surface area contributed by atoms with Crippen molar-refractivity contribution in [3.8, 4) is 0 Å². The molecular formula is C17H29N3O2S. The van der Waals surface area contributed by atoms with Gasteiger partial charge in [0.25, 0.3) is 0 Å². The number of rotatable bonds is 7. The number of nitrogens with zero attached hydrogens (tertiary/aromatic N) is 1. The fourth-order valence-electron chi connectivity index (χ4n) is 1.90. The third-order valence-corrected chi connectivity index (χ3v) is 6.04. The fraction of sp³-hybridized carbons (Fsp3) is 0.588. The standard InChI is InChI=1S/C17H29N3O2S/c1-5-18-16(19-12-11-15-9-7-6-8-10-15)20-13-14-23(21,22)17(2,3)4/h6-10H,5,11-14H2,1-4H3,(H2,18,19,20). The number of aliphatic imine (C=N–C) groups is 1. The lowest BCUT2D eigenvalue weighted by Gasteiger charge is -2.18. The van der Waals surface area contributed by atoms with Crippen LogP contribution in [0.2, 0.25) is 0 Å². The molecule has 1 rings (SSSR count). The van der Waals surface area contributed by atoms with E-state index in [9.17, 15) is 8.42 Å². The molecule has 0 aliphatic rings. The Morgan fingerprint density at radius 2 is 1.78 bits per heavy atom. The van der Waals surface area contributed by atoms with Gasteiger partial charge in [-0.3, -0.25) is 4.99 Å². The first-order valence-corrected chi connectivity index (χ1v) is 9.70. The molecule has 0 saturated heterocycles. The summed E-state index contributed by atoms with van der Waals surface area (Å²) in [5.41, 5.74) is 1.26. The summed E-state index contributed by atoms with van der Waals surface area (Å²) >= 11 is 0. The van der Waals surface area contributed by atoms with Crippen LogP contribution >= 0.6 is 0 Å². The van der Waals surface area contributed by atoms with Gasteiger partial charge in [0.05, 0.1) is 17.0 Å². The number of sulfone groups is 1. The van der Waals surface area contributed by atoms with Crippen LogP contribution in [0.4, 0.5) is 0 Å². The van der Waals surface area contributed by atoms with Crippen LogP contribution in [0, 0.1) is 0 Å². The molecule has 0 radical (unpaired) electrons. The zero-order valence-electron chi connectivity index (χ0n) is 14.6. The Labute approximate surface area is 140 Å². The third-order valence-electron chi connectivity index (χ3n) is 3.46. The monoisotopic (exact) mass is 339 g/mol. The SMILES string of the molecule is CCNC(=NCCS(=O)(=O)C(C)(C)C)NCCc1ccccc1. The van der Waals surface area contributed by atoms with Crippen LogP contribution in [0.25, 0.3) is 0 Å². The Morgan fingerprint density at radius 1 is 1.13 bits per heavy atom. The predicted molar refractivity (Wildman–Crippen MR) is 97.7 cm³/mol. The summed E-state index contributed by atoms with van der Waals surface area (Å²) in [6, 6.07) is 10.2. The van der Waals surface area contributed by atoms with Gasteiger partial charge in [-0.05, 0) is 39.7 Å². The van der Waals surface area contributed by atoms with E-state index in [1.807, 2.05) is 25.1 Å². The predicted octanol–water partition coefficient (Wildman–Crippen LogP) is 2.00. The molecule has 1 aromatic rings. The molecule has 6 heteroatoms. The Hall–Kier alpha value is -1.56. The quantitative estimate of drug-likeness (QED) is 0.589. The second-order valence-electron chi connectivity index (χ2n) is 6.35. The molecule has 0 bridgehead atoms. The molecule has 0 aromatic heterocycles. The van der Waals surface area contributed by atoms with E-state index in [0.717, 1.165) is 19.5 Å². The van der Waals surface area contributed by atoms with Crippen molar-refractivity contribution in [3.05, 3.63) is 35.9 Å². The molecule has 0 spiro atoms. The van der Waals surface area contributed by atoms with E-state index in [1.165, 1.54) is 5.56 Å². The summed E-state index contributed by atoms with van der Waals surface area (Å²) in [6.45, 7) is 8.89. The summed E-state index contributed by atoms with van der Waals surface area (Å²) in [7, 11) is -3.13. The summed E-state index contributed by atoms with van der Waals surface area (Å²) < 4.78 is 23.4. The van der Waals surface area contributed by atoms with Crippen LogP contribution in [-0.4, -0.2) is 44.5 Å². The normalized spacial score (nSPS) is 13.0. The first-order chi connectivity index (χ1) is 10.8. The molecule has 0 unspecified atom stereocenters. The average Bonchev–Trinajstić information content (AvgIpc) is 2.47. The largest absolute Gasteiger partial charge is 0.357 e. The maximum Gasteiger partial charge on any atom is 0.191 e. The molecule has 0 amide bonds. The fourth-order valence-corrected chi connectivity index (χ4v) is 2.84. The molecule has 0 aliphatic carbocycles. The first kappa shape index (κ1) is 19.5. The van der Waals surface area contributed by atoms with E-state index in [-0.39, 0.29) is 12.3 Å². The Morgan fingerprint density at radius 3 is 2.35 bits per heavy atom. The molecule has 0 aliphatic heterocycles. The Bertz CT molecular complexity index is 590. The van der Waals surface area contributed by atoms with Crippen molar-refractivity contribution < 1.29 is 8.42 Å². The van der Waals surface area contributed by atoms with Crippen LogP contribution in [-0.2, 0) is 16.3 Å². The van der Waals surface area contributed by atoms with Crippen molar-refractivity contribution in [2.45, 2.75) is 38.9 Å². The number of benzene rings is 1. The van der Waals surface area contributed by atoms with Gasteiger partial charge in [0.2, 0.25) is 0 Å². The highest BCUT2D eigenvalue weighted by molar-refractivity contribution is 7.92. The molecule has 0 fully saturated rings. The Kier molecular flexibility index (Phi) is 7.55. The van der Waals surface area contributed by atoms with Crippen LogP contribution in [0.5, 0.6) is 0 Å². The molecular weight excluding hydrogens is 310 g/mol. The minimum atomic E-state index is -3.13. The van der Waals surface area contributed by atoms with Crippen molar-refractivity contribution in [1.29, 1.82) is 0 Å². The van der Waals surface area contributed by atoms with Crippen LogP contribution < -0.4 is 10.6 Å². The number of hydrogen-bond acceptors (Lipinski definition) is 3. The second-order valence-corrected chi connectivity index (χ2v) is 9.22. The number of guanidine groups is 1. The highest BCUT2D eigenvalue weighted by atomic mass is 32.2. The maximum absolute atomic E-state index is 12.1. The minimum Gasteiger partial charge on any atom is -0.357 e. The first-order valence-electron chi connectivity index (χ1n) is 8.04. The number of nitrogens with one attached hydrogen (secondary N) is 2. The van der Waals surface area contributed by atoms with Gasteiger partial charge in [-0.15, -0.1) is 0 Å². The highest BCUT2D eigenvalue weighted by Gasteiger charge is 2.28. The van der Waals surface area contributed by atoms with E-state index < -0.39 is 14.6 Å². The van der Waals surface area contributed by atoms with Gasteiger partial charge < -0.3 is 10.6 Å². The lowest BCUT2D eigenvalue weighted by Crippen LogP contribution is -2.39. The minimum absolute atomic E-state index is 0.0613. The molecule has 0 heterocycles. The van der Waals surface area contributed by atoms with E-state index in [2.05, 4.69) is 27.8 Å². The summed E-state index contributed by atoms with van der Waals surface area (Å²) in [5, 5.41) is 6.38. The van der Waals surface area contributed by atoms with Crippen LogP contribution in [0.3, 0.4) is 0 Å². The maximum atomic E-state index is 12.1. The van der Waals surface area contributed by atoms with E-state index in [4.69, 9.17) is 0 Å². The van der Waals surface area contributed by atoms with Gasteiger partial charge in [0.15, 0.2) is 15.8 Å². The lowest BCUT2D eigenvalue weighted by atomic mass is 10.1. The van der Waals surface area contributed by atoms with Gasteiger partial charge >= 0.3 is 0 Å². The van der Waals surface area contributed by atoms with E-state index >= 15 is 0 Å². The van der Waals surface area contributed by atoms with E-state index in [0.29, 0.717) is 5.96 Å². The van der Waals surface area contributed by atoms with Gasteiger partial charge in [0, 0.05) is 13.1 Å². The molecule has 5 nitrogen and oxygen atoms in total. The highest BCUT2D eigenvalue weighted by Crippen LogP contribution is 2.15. The van der Waals surface area contributed by atoms with Crippen molar-refractivity contribution >= 4 is 15.8 Å². The molecule has 2 N–H and O–H groups in total. The van der Waals surface area contributed by atoms with E-state index in [1.54, 1.807) is 20.8 Å². The Balaban J connectivity index is 2.50.